The minimum Gasteiger partial charge on any atom is -0.497 e. The number of nitrogen functional groups attached to an aromatic ring is 1. The van der Waals surface area contributed by atoms with Crippen molar-refractivity contribution >= 4 is 33.9 Å². The molecule has 0 atom stereocenters. The maximum absolute atomic E-state index is 13.4. The van der Waals surface area contributed by atoms with E-state index in [0.29, 0.717) is 39.4 Å². The summed E-state index contributed by atoms with van der Waals surface area (Å²) >= 11 is 0. The van der Waals surface area contributed by atoms with E-state index in [4.69, 9.17) is 25.2 Å². The number of nitrogens with one attached hydrogen (secondary N) is 1. The number of benzene rings is 3. The van der Waals surface area contributed by atoms with Gasteiger partial charge in [-0.05, 0) is 29.8 Å². The van der Waals surface area contributed by atoms with Gasteiger partial charge in [0, 0.05) is 24.7 Å². The molecule has 0 saturated heterocycles. The van der Waals surface area contributed by atoms with E-state index in [2.05, 4.69) is 5.32 Å². The molecule has 176 valence electrons. The molecule has 5 aromatic rings. The van der Waals surface area contributed by atoms with Gasteiger partial charge in [0.25, 0.3) is 5.91 Å². The summed E-state index contributed by atoms with van der Waals surface area (Å²) < 4.78 is 25.7. The van der Waals surface area contributed by atoms with Gasteiger partial charge in [-0.1, -0.05) is 24.3 Å². The fourth-order valence-electron chi connectivity index (χ4n) is 3.94. The van der Waals surface area contributed by atoms with E-state index < -0.39 is 5.91 Å². The Morgan fingerprint density at radius 3 is 2.23 bits per heavy atom. The second kappa shape index (κ2) is 8.94. The van der Waals surface area contributed by atoms with Crippen molar-refractivity contribution in [3.05, 3.63) is 83.7 Å². The Balaban J connectivity index is 1.68. The van der Waals surface area contributed by atoms with E-state index in [1.165, 1.54) is 12.1 Å². The molecule has 5 rings (SSSR count). The van der Waals surface area contributed by atoms with Crippen LogP contribution in [0.1, 0.15) is 15.9 Å². The SMILES string of the molecule is COc1cc(OC)cc(-n2c(N)c(C(=O)NCc3ccc(F)cc3)c3nc4ccccc4nc32)c1. The smallest absolute Gasteiger partial charge is 0.257 e. The third kappa shape index (κ3) is 4.08. The molecule has 0 fully saturated rings. The average Bonchev–Trinajstić information content (AvgIpc) is 3.16. The number of fused-ring (bicyclic) bond motifs is 2. The first kappa shape index (κ1) is 22.1. The zero-order valence-corrected chi connectivity index (χ0v) is 19.1. The minimum absolute atomic E-state index is 0.169. The molecule has 0 unspecified atom stereocenters. The largest absolute Gasteiger partial charge is 0.497 e. The lowest BCUT2D eigenvalue weighted by atomic mass is 10.2. The molecule has 2 heterocycles. The number of hydrogen-bond donors (Lipinski definition) is 2. The van der Waals surface area contributed by atoms with Gasteiger partial charge >= 0.3 is 0 Å². The Hall–Kier alpha value is -4.66. The molecule has 0 saturated carbocycles. The van der Waals surface area contributed by atoms with Crippen molar-refractivity contribution in [1.29, 1.82) is 0 Å². The molecule has 0 aliphatic carbocycles. The van der Waals surface area contributed by atoms with Gasteiger partial charge in [0.05, 0.1) is 30.9 Å². The minimum atomic E-state index is -0.421. The van der Waals surface area contributed by atoms with Crippen LogP contribution >= 0.6 is 0 Å². The summed E-state index contributed by atoms with van der Waals surface area (Å²) in [6, 6.07) is 18.6. The number of carbonyl (C=O) groups is 1. The summed E-state index contributed by atoms with van der Waals surface area (Å²) in [6.45, 7) is 0.194. The van der Waals surface area contributed by atoms with Crippen LogP contribution in [0.5, 0.6) is 11.5 Å². The van der Waals surface area contributed by atoms with Gasteiger partial charge in [0.1, 0.15) is 34.2 Å². The molecule has 8 nitrogen and oxygen atoms in total. The maximum Gasteiger partial charge on any atom is 0.257 e. The Kier molecular flexibility index (Phi) is 5.66. The lowest BCUT2D eigenvalue weighted by molar-refractivity contribution is 0.0953. The molecule has 0 aliphatic rings. The van der Waals surface area contributed by atoms with Crippen molar-refractivity contribution in [1.82, 2.24) is 19.9 Å². The highest BCUT2D eigenvalue weighted by atomic mass is 19.1. The molecule has 0 aliphatic heterocycles. The Morgan fingerprint density at radius 2 is 1.60 bits per heavy atom. The monoisotopic (exact) mass is 471 g/mol. The quantitative estimate of drug-likeness (QED) is 0.384. The van der Waals surface area contributed by atoms with E-state index >= 15 is 0 Å². The van der Waals surface area contributed by atoms with Crippen molar-refractivity contribution in [2.45, 2.75) is 6.54 Å². The van der Waals surface area contributed by atoms with Crippen LogP contribution in [0, 0.1) is 5.82 Å². The third-order valence-electron chi connectivity index (χ3n) is 5.69. The number of carbonyl (C=O) groups excluding carboxylic acids is 1. The Morgan fingerprint density at radius 1 is 0.971 bits per heavy atom. The number of halogens is 1. The molecule has 9 heteroatoms. The van der Waals surface area contributed by atoms with Crippen LogP contribution < -0.4 is 20.5 Å². The number of ether oxygens (including phenoxy) is 2. The van der Waals surface area contributed by atoms with E-state index in [1.807, 2.05) is 24.3 Å². The van der Waals surface area contributed by atoms with Gasteiger partial charge in [-0.15, -0.1) is 0 Å². The molecule has 3 N–H and O–H groups in total. The number of hydrogen-bond acceptors (Lipinski definition) is 6. The predicted molar refractivity (Wildman–Crippen MR) is 131 cm³/mol. The Labute approximate surface area is 200 Å². The normalized spacial score (nSPS) is 11.1. The van der Waals surface area contributed by atoms with Crippen molar-refractivity contribution in [3.8, 4) is 17.2 Å². The number of aromatic nitrogens is 3. The summed E-state index contributed by atoms with van der Waals surface area (Å²) in [6.07, 6.45) is 0. The highest BCUT2D eigenvalue weighted by Gasteiger charge is 2.25. The second-order valence-electron chi connectivity index (χ2n) is 7.86. The summed E-state index contributed by atoms with van der Waals surface area (Å²) in [5.74, 6) is 0.508. The van der Waals surface area contributed by atoms with Crippen LogP contribution in [0.25, 0.3) is 27.9 Å². The topological polar surface area (TPSA) is 104 Å². The number of anilines is 1. The molecule has 1 amide bonds. The molecule has 35 heavy (non-hydrogen) atoms. The predicted octanol–water partition coefficient (Wildman–Crippen LogP) is 4.24. The first-order valence-electron chi connectivity index (χ1n) is 10.8. The van der Waals surface area contributed by atoms with Crippen molar-refractivity contribution < 1.29 is 18.7 Å². The van der Waals surface area contributed by atoms with Gasteiger partial charge in [0.2, 0.25) is 0 Å². The number of nitrogens with zero attached hydrogens (tertiary/aromatic N) is 3. The zero-order chi connectivity index (χ0) is 24.5. The van der Waals surface area contributed by atoms with Crippen LogP contribution in [-0.2, 0) is 6.54 Å². The van der Waals surface area contributed by atoms with Crippen molar-refractivity contribution in [2.24, 2.45) is 0 Å². The second-order valence-corrected chi connectivity index (χ2v) is 7.86. The van der Waals surface area contributed by atoms with Crippen molar-refractivity contribution in [3.63, 3.8) is 0 Å². The third-order valence-corrected chi connectivity index (χ3v) is 5.69. The van der Waals surface area contributed by atoms with Gasteiger partial charge in [-0.25, -0.2) is 14.4 Å². The van der Waals surface area contributed by atoms with Gasteiger partial charge < -0.3 is 20.5 Å². The molecular weight excluding hydrogens is 449 g/mol. The van der Waals surface area contributed by atoms with Gasteiger partial charge in [0.15, 0.2) is 5.65 Å². The first-order valence-corrected chi connectivity index (χ1v) is 10.8. The number of para-hydroxylation sites is 2. The first-order chi connectivity index (χ1) is 17.0. The van der Waals surface area contributed by atoms with Gasteiger partial charge in [-0.2, -0.15) is 0 Å². The lowest BCUT2D eigenvalue weighted by Crippen LogP contribution is -2.24. The van der Waals surface area contributed by atoms with Crippen LogP contribution in [0.15, 0.2) is 66.7 Å². The lowest BCUT2D eigenvalue weighted by Gasteiger charge is -2.12. The van der Waals surface area contributed by atoms with Crippen LogP contribution in [0.4, 0.5) is 10.2 Å². The number of rotatable bonds is 6. The van der Waals surface area contributed by atoms with E-state index in [9.17, 15) is 9.18 Å². The molecule has 3 aromatic carbocycles. The fourth-order valence-corrected chi connectivity index (χ4v) is 3.94. The fraction of sp³-hybridized carbons (Fsp3) is 0.115. The van der Waals surface area contributed by atoms with Crippen LogP contribution in [0.2, 0.25) is 0 Å². The van der Waals surface area contributed by atoms with Crippen molar-refractivity contribution in [2.75, 3.05) is 20.0 Å². The number of nitrogens with two attached hydrogens (primary N) is 1. The number of amides is 1. The molecule has 0 spiro atoms. The molecular formula is C26H22FN5O3. The molecule has 0 bridgehead atoms. The zero-order valence-electron chi connectivity index (χ0n) is 19.1. The highest BCUT2D eigenvalue weighted by Crippen LogP contribution is 2.34. The van der Waals surface area contributed by atoms with E-state index in [1.54, 1.807) is 49.1 Å². The Bertz CT molecular complexity index is 1540. The van der Waals surface area contributed by atoms with E-state index in [0.717, 1.165) is 5.56 Å². The van der Waals surface area contributed by atoms with Gasteiger partial charge in [-0.3, -0.25) is 9.36 Å². The van der Waals surface area contributed by atoms with Crippen LogP contribution in [-0.4, -0.2) is 34.7 Å². The summed E-state index contributed by atoms with van der Waals surface area (Å²) in [7, 11) is 3.11. The standard InChI is InChI=1S/C26H22FN5O3/c1-34-18-11-17(12-19(13-18)35-2)32-24(28)22(26(33)29-14-15-7-9-16(27)10-8-15)23-25(32)31-21-6-4-3-5-20(21)30-23/h3-13H,14,28H2,1-2H3,(H,29,33). The molecule has 0 radical (unpaired) electrons. The summed E-state index contributed by atoms with van der Waals surface area (Å²) in [5.41, 5.74) is 10.2. The molecule has 2 aromatic heterocycles. The highest BCUT2D eigenvalue weighted by molar-refractivity contribution is 6.11. The average molecular weight is 471 g/mol. The van der Waals surface area contributed by atoms with Crippen LogP contribution in [0.3, 0.4) is 0 Å². The summed E-state index contributed by atoms with van der Waals surface area (Å²) in [4.78, 5) is 22.8. The maximum atomic E-state index is 13.4. The summed E-state index contributed by atoms with van der Waals surface area (Å²) in [5, 5.41) is 2.85. The number of methoxy groups -OCH3 is 2. The van der Waals surface area contributed by atoms with E-state index in [-0.39, 0.29) is 23.7 Å².